The van der Waals surface area contributed by atoms with Gasteiger partial charge in [0, 0.05) is 12.8 Å². The maximum absolute atomic E-state index is 12.2. The van der Waals surface area contributed by atoms with Crippen LogP contribution in [0.2, 0.25) is 0 Å². The summed E-state index contributed by atoms with van der Waals surface area (Å²) in [6.07, 6.45) is 29.4. The molecule has 0 aliphatic rings. The van der Waals surface area contributed by atoms with Crippen LogP contribution in [0, 0.1) is 17.8 Å². The Kier molecular flexibility index (Phi) is 24.2. The third kappa shape index (κ3) is 26.5. The molecule has 0 saturated heterocycles. The van der Waals surface area contributed by atoms with Crippen LogP contribution in [0.4, 0.5) is 0 Å². The van der Waals surface area contributed by atoms with Crippen molar-refractivity contribution in [3.63, 3.8) is 0 Å². The van der Waals surface area contributed by atoms with E-state index in [9.17, 15) is 4.79 Å². The van der Waals surface area contributed by atoms with Crippen molar-refractivity contribution >= 4 is 5.78 Å². The van der Waals surface area contributed by atoms with Gasteiger partial charge in [-0.05, 0) is 96.8 Å². The normalized spacial score (nSPS) is 13.6. The average Bonchev–Trinajstić information content (AvgIpc) is 2.82. The summed E-state index contributed by atoms with van der Waals surface area (Å²) in [6, 6.07) is 0. The van der Waals surface area contributed by atoms with Crippen molar-refractivity contribution < 1.29 is 4.79 Å². The molecule has 0 aromatic carbocycles. The van der Waals surface area contributed by atoms with Gasteiger partial charge >= 0.3 is 0 Å². The standard InChI is InChI=1S/C37H68O/c1-31(2)21-19-26-35(7)29-34(6)25-17-13-9-11-15-23-33(5)24-16-12-10-14-18-28-37(38)30-36(8)27-20-22-32(3)4/h21-22,33,35-36H,6,9-20,23-30H2,1-5,7-8H3. The molecule has 0 saturated carbocycles. The molecular weight excluding hydrogens is 460 g/mol. The van der Waals surface area contributed by atoms with Gasteiger partial charge in [0.1, 0.15) is 5.78 Å². The Labute approximate surface area is 240 Å². The monoisotopic (exact) mass is 529 g/mol. The lowest BCUT2D eigenvalue weighted by Crippen LogP contribution is -2.05. The summed E-state index contributed by atoms with van der Waals surface area (Å²) < 4.78 is 0. The highest BCUT2D eigenvalue weighted by Crippen LogP contribution is 2.22. The van der Waals surface area contributed by atoms with Crippen molar-refractivity contribution in [1.29, 1.82) is 0 Å². The molecule has 222 valence electrons. The van der Waals surface area contributed by atoms with Gasteiger partial charge in [-0.15, -0.1) is 0 Å². The highest BCUT2D eigenvalue weighted by Gasteiger charge is 2.09. The van der Waals surface area contributed by atoms with Crippen LogP contribution in [0.15, 0.2) is 35.5 Å². The zero-order valence-electron chi connectivity index (χ0n) is 27.1. The predicted molar refractivity (Wildman–Crippen MR) is 173 cm³/mol. The van der Waals surface area contributed by atoms with E-state index in [1.54, 1.807) is 0 Å². The first-order chi connectivity index (χ1) is 18.1. The Bertz CT molecular complexity index is 588. The van der Waals surface area contributed by atoms with Crippen LogP contribution in [0.5, 0.6) is 0 Å². The van der Waals surface area contributed by atoms with Crippen LogP contribution in [0.25, 0.3) is 0 Å². The third-order valence-corrected chi connectivity index (χ3v) is 8.02. The zero-order chi connectivity index (χ0) is 28.6. The molecule has 3 unspecified atom stereocenters. The van der Waals surface area contributed by atoms with Crippen LogP contribution < -0.4 is 0 Å². The molecule has 1 nitrogen and oxygen atoms in total. The minimum Gasteiger partial charge on any atom is -0.300 e. The molecule has 38 heavy (non-hydrogen) atoms. The van der Waals surface area contributed by atoms with E-state index in [1.807, 2.05) is 0 Å². The number of allylic oxidation sites excluding steroid dienone is 5. The van der Waals surface area contributed by atoms with Crippen LogP contribution in [-0.4, -0.2) is 5.78 Å². The van der Waals surface area contributed by atoms with Gasteiger partial charge in [0.2, 0.25) is 0 Å². The smallest absolute Gasteiger partial charge is 0.133 e. The summed E-state index contributed by atoms with van der Waals surface area (Å²) in [6.45, 7) is 20.1. The number of ketones is 1. The fraction of sp³-hybridized carbons (Fsp3) is 0.811. The number of hydrogen-bond donors (Lipinski definition) is 0. The fourth-order valence-corrected chi connectivity index (χ4v) is 5.49. The summed E-state index contributed by atoms with van der Waals surface area (Å²) in [7, 11) is 0. The number of carbonyl (C=O) groups is 1. The lowest BCUT2D eigenvalue weighted by Gasteiger charge is -2.13. The van der Waals surface area contributed by atoms with Crippen molar-refractivity contribution in [2.75, 3.05) is 0 Å². The number of unbranched alkanes of at least 4 members (excludes halogenated alkanes) is 8. The van der Waals surface area contributed by atoms with E-state index >= 15 is 0 Å². The minimum absolute atomic E-state index is 0.480. The quantitative estimate of drug-likeness (QED) is 0.0805. The van der Waals surface area contributed by atoms with Gasteiger partial charge in [0.05, 0.1) is 0 Å². The van der Waals surface area contributed by atoms with Gasteiger partial charge in [-0.3, -0.25) is 4.79 Å². The Balaban J connectivity index is 3.53. The van der Waals surface area contributed by atoms with Crippen molar-refractivity contribution in [3.05, 3.63) is 35.5 Å². The van der Waals surface area contributed by atoms with E-state index in [0.717, 1.165) is 43.9 Å². The molecule has 1 heteroatoms. The summed E-state index contributed by atoms with van der Waals surface area (Å²) in [5.74, 6) is 2.65. The highest BCUT2D eigenvalue weighted by molar-refractivity contribution is 5.78. The Hall–Kier alpha value is -1.11. The van der Waals surface area contributed by atoms with E-state index in [1.165, 1.54) is 113 Å². The van der Waals surface area contributed by atoms with Crippen LogP contribution in [0.1, 0.15) is 177 Å². The maximum atomic E-state index is 12.2. The molecule has 0 N–H and O–H groups in total. The highest BCUT2D eigenvalue weighted by atomic mass is 16.1. The lowest BCUT2D eigenvalue weighted by atomic mass is 9.93. The van der Waals surface area contributed by atoms with Crippen molar-refractivity contribution in [2.45, 2.75) is 177 Å². The van der Waals surface area contributed by atoms with Gasteiger partial charge in [-0.25, -0.2) is 0 Å². The van der Waals surface area contributed by atoms with Crippen molar-refractivity contribution in [1.82, 2.24) is 0 Å². The van der Waals surface area contributed by atoms with Crippen LogP contribution in [0.3, 0.4) is 0 Å². The molecule has 0 aliphatic heterocycles. The summed E-state index contributed by atoms with van der Waals surface area (Å²) in [5, 5.41) is 0. The topological polar surface area (TPSA) is 17.1 Å². The van der Waals surface area contributed by atoms with E-state index in [4.69, 9.17) is 0 Å². The molecule has 0 radical (unpaired) electrons. The summed E-state index contributed by atoms with van der Waals surface area (Å²) in [5.41, 5.74) is 4.29. The fourth-order valence-electron chi connectivity index (χ4n) is 5.49. The van der Waals surface area contributed by atoms with E-state index in [-0.39, 0.29) is 0 Å². The Morgan fingerprint density at radius 2 is 0.974 bits per heavy atom. The second-order valence-electron chi connectivity index (χ2n) is 13.3. The number of carbonyl (C=O) groups excluding carboxylic acids is 1. The molecule has 3 atom stereocenters. The molecule has 0 aromatic rings. The number of hydrogen-bond acceptors (Lipinski definition) is 1. The molecule has 0 heterocycles. The molecule has 0 rings (SSSR count). The Morgan fingerprint density at radius 3 is 1.47 bits per heavy atom. The van der Waals surface area contributed by atoms with Gasteiger partial charge in [0.25, 0.3) is 0 Å². The van der Waals surface area contributed by atoms with Gasteiger partial charge in [-0.1, -0.05) is 120 Å². The van der Waals surface area contributed by atoms with Crippen LogP contribution >= 0.6 is 0 Å². The SMILES string of the molecule is C=C(CCCCCCCC(C)CCCCCCCC(=O)CC(C)CCC=C(C)C)CC(C)CCC=C(C)C. The average molecular weight is 529 g/mol. The van der Waals surface area contributed by atoms with Gasteiger partial charge in [-0.2, -0.15) is 0 Å². The van der Waals surface area contributed by atoms with E-state index in [2.05, 4.69) is 67.2 Å². The van der Waals surface area contributed by atoms with Crippen molar-refractivity contribution in [2.24, 2.45) is 17.8 Å². The maximum Gasteiger partial charge on any atom is 0.133 e. The lowest BCUT2D eigenvalue weighted by molar-refractivity contribution is -0.120. The molecule has 0 spiro atoms. The predicted octanol–water partition coefficient (Wildman–Crippen LogP) is 12.8. The zero-order valence-corrected chi connectivity index (χ0v) is 27.1. The molecule has 0 aromatic heterocycles. The molecule has 0 aliphatic carbocycles. The minimum atomic E-state index is 0.480. The molecular formula is C37H68O. The third-order valence-electron chi connectivity index (χ3n) is 8.02. The number of Topliss-reactive ketones (excluding diaryl/α,β-unsaturated/α-hetero) is 1. The first-order valence-electron chi connectivity index (χ1n) is 16.5. The Morgan fingerprint density at radius 1 is 0.553 bits per heavy atom. The van der Waals surface area contributed by atoms with Crippen molar-refractivity contribution in [3.8, 4) is 0 Å². The first-order valence-corrected chi connectivity index (χ1v) is 16.5. The summed E-state index contributed by atoms with van der Waals surface area (Å²) in [4.78, 5) is 12.2. The van der Waals surface area contributed by atoms with E-state index < -0.39 is 0 Å². The summed E-state index contributed by atoms with van der Waals surface area (Å²) >= 11 is 0. The largest absolute Gasteiger partial charge is 0.300 e. The van der Waals surface area contributed by atoms with Crippen LogP contribution in [-0.2, 0) is 4.79 Å². The molecule has 0 amide bonds. The number of rotatable bonds is 26. The van der Waals surface area contributed by atoms with E-state index in [0.29, 0.717) is 11.7 Å². The molecule has 0 bridgehead atoms. The first kappa shape index (κ1) is 36.9. The second kappa shape index (κ2) is 24.9. The van der Waals surface area contributed by atoms with Gasteiger partial charge < -0.3 is 0 Å². The molecule has 0 fully saturated rings. The second-order valence-corrected chi connectivity index (χ2v) is 13.3. The van der Waals surface area contributed by atoms with Gasteiger partial charge in [0.15, 0.2) is 0 Å².